The van der Waals surface area contributed by atoms with E-state index in [0.717, 1.165) is 16.5 Å². The molecule has 6 nitrogen and oxygen atoms in total. The summed E-state index contributed by atoms with van der Waals surface area (Å²) in [7, 11) is 0. The number of anilines is 2. The lowest BCUT2D eigenvalue weighted by Gasteiger charge is -2.10. The Bertz CT molecular complexity index is 1120. The zero-order valence-corrected chi connectivity index (χ0v) is 14.7. The van der Waals surface area contributed by atoms with E-state index in [9.17, 15) is 9.90 Å². The van der Waals surface area contributed by atoms with Gasteiger partial charge in [0.1, 0.15) is 11.6 Å². The highest BCUT2D eigenvalue weighted by molar-refractivity contribution is 5.94. The summed E-state index contributed by atoms with van der Waals surface area (Å²) < 4.78 is 0. The van der Waals surface area contributed by atoms with Gasteiger partial charge in [-0.05, 0) is 24.6 Å². The Hall–Kier alpha value is -3.67. The molecule has 0 amide bonds. The summed E-state index contributed by atoms with van der Waals surface area (Å²) in [5, 5.41) is 13.5. The van der Waals surface area contributed by atoms with Crippen molar-refractivity contribution in [2.24, 2.45) is 0 Å². The molecule has 4 aromatic rings. The van der Waals surface area contributed by atoms with Crippen LogP contribution in [-0.2, 0) is 6.42 Å². The number of aromatic nitrogens is 3. The number of aromatic amines is 1. The van der Waals surface area contributed by atoms with E-state index in [0.29, 0.717) is 29.6 Å². The highest BCUT2D eigenvalue weighted by Gasteiger charge is 2.15. The third-order valence-corrected chi connectivity index (χ3v) is 4.37. The van der Waals surface area contributed by atoms with Crippen molar-refractivity contribution in [1.82, 2.24) is 15.0 Å². The molecule has 0 aliphatic carbocycles. The standard InChI is InChI=1S/C21H18N4O2/c1-2-16-15(21(26)27)12-18(22-16)24-20-14-10-6-7-11-17(14)23-19(25-20)13-8-4-3-5-9-13/h3-12,22H,2H2,1H3,(H,26,27)(H,23,24,25). The van der Waals surface area contributed by atoms with Crippen LogP contribution in [0.15, 0.2) is 60.7 Å². The zero-order valence-electron chi connectivity index (χ0n) is 14.7. The highest BCUT2D eigenvalue weighted by Crippen LogP contribution is 2.28. The van der Waals surface area contributed by atoms with Gasteiger partial charge < -0.3 is 15.4 Å². The van der Waals surface area contributed by atoms with Crippen molar-refractivity contribution in [2.45, 2.75) is 13.3 Å². The number of carboxylic acid groups (broad SMARTS) is 1. The van der Waals surface area contributed by atoms with Crippen LogP contribution in [0.4, 0.5) is 11.6 Å². The van der Waals surface area contributed by atoms with Crippen molar-refractivity contribution in [3.8, 4) is 11.4 Å². The number of hydrogen-bond donors (Lipinski definition) is 3. The fourth-order valence-corrected chi connectivity index (χ4v) is 3.05. The zero-order chi connectivity index (χ0) is 18.8. The van der Waals surface area contributed by atoms with E-state index in [4.69, 9.17) is 0 Å². The SMILES string of the molecule is CCc1[nH]c(Nc2nc(-c3ccccc3)nc3ccccc23)cc1C(=O)O. The number of H-pyrrole nitrogens is 1. The second kappa shape index (κ2) is 6.92. The van der Waals surface area contributed by atoms with Crippen LogP contribution in [0.1, 0.15) is 23.0 Å². The lowest BCUT2D eigenvalue weighted by Crippen LogP contribution is -1.99. The molecule has 27 heavy (non-hydrogen) atoms. The first-order valence-corrected chi connectivity index (χ1v) is 8.70. The van der Waals surface area contributed by atoms with Gasteiger partial charge in [0, 0.05) is 16.6 Å². The topological polar surface area (TPSA) is 90.9 Å². The van der Waals surface area contributed by atoms with E-state index in [1.54, 1.807) is 6.07 Å². The molecule has 0 fully saturated rings. The van der Waals surface area contributed by atoms with Crippen LogP contribution in [0.25, 0.3) is 22.3 Å². The quantitative estimate of drug-likeness (QED) is 0.484. The second-order valence-corrected chi connectivity index (χ2v) is 6.14. The van der Waals surface area contributed by atoms with E-state index in [1.807, 2.05) is 61.5 Å². The Labute approximate surface area is 155 Å². The molecule has 0 radical (unpaired) electrons. The minimum absolute atomic E-state index is 0.265. The van der Waals surface area contributed by atoms with Crippen molar-refractivity contribution >= 4 is 28.5 Å². The molecule has 0 bridgehead atoms. The van der Waals surface area contributed by atoms with Crippen molar-refractivity contribution in [1.29, 1.82) is 0 Å². The van der Waals surface area contributed by atoms with Crippen LogP contribution in [0.2, 0.25) is 0 Å². The van der Waals surface area contributed by atoms with Crippen LogP contribution in [0.3, 0.4) is 0 Å². The molecule has 2 heterocycles. The summed E-state index contributed by atoms with van der Waals surface area (Å²) in [5.41, 5.74) is 2.67. The molecular formula is C21H18N4O2. The summed E-state index contributed by atoms with van der Waals surface area (Å²) in [6.45, 7) is 1.91. The van der Waals surface area contributed by atoms with Gasteiger partial charge >= 0.3 is 5.97 Å². The number of benzene rings is 2. The Balaban J connectivity index is 1.82. The van der Waals surface area contributed by atoms with Crippen LogP contribution in [0, 0.1) is 0 Å². The first-order valence-electron chi connectivity index (χ1n) is 8.70. The maximum atomic E-state index is 11.4. The molecule has 4 rings (SSSR count). The summed E-state index contributed by atoms with van der Waals surface area (Å²) >= 11 is 0. The van der Waals surface area contributed by atoms with Gasteiger partial charge in [0.15, 0.2) is 5.82 Å². The number of aryl methyl sites for hydroxylation is 1. The molecule has 0 unspecified atom stereocenters. The van der Waals surface area contributed by atoms with Gasteiger partial charge in [0.2, 0.25) is 0 Å². The predicted molar refractivity (Wildman–Crippen MR) is 105 cm³/mol. The molecule has 2 aromatic heterocycles. The van der Waals surface area contributed by atoms with Gasteiger partial charge in [0.25, 0.3) is 0 Å². The number of hydrogen-bond acceptors (Lipinski definition) is 4. The van der Waals surface area contributed by atoms with E-state index in [2.05, 4.69) is 20.3 Å². The number of aromatic carboxylic acids is 1. The number of carboxylic acids is 1. The van der Waals surface area contributed by atoms with Crippen molar-refractivity contribution in [3.05, 3.63) is 71.9 Å². The molecule has 0 saturated carbocycles. The number of nitrogens with one attached hydrogen (secondary N) is 2. The fraction of sp³-hybridized carbons (Fsp3) is 0.0952. The van der Waals surface area contributed by atoms with Crippen LogP contribution < -0.4 is 5.32 Å². The Morgan fingerprint density at radius 3 is 2.52 bits per heavy atom. The largest absolute Gasteiger partial charge is 0.478 e. The van der Waals surface area contributed by atoms with Crippen LogP contribution in [-0.4, -0.2) is 26.0 Å². The summed E-state index contributed by atoms with van der Waals surface area (Å²) in [6.07, 6.45) is 0.600. The van der Waals surface area contributed by atoms with E-state index < -0.39 is 5.97 Å². The average molecular weight is 358 g/mol. The Morgan fingerprint density at radius 2 is 1.81 bits per heavy atom. The van der Waals surface area contributed by atoms with Crippen LogP contribution in [0.5, 0.6) is 0 Å². The molecule has 0 aliphatic heterocycles. The van der Waals surface area contributed by atoms with Gasteiger partial charge in [-0.25, -0.2) is 14.8 Å². The molecule has 6 heteroatoms. The number of fused-ring (bicyclic) bond motifs is 1. The maximum Gasteiger partial charge on any atom is 0.337 e. The Morgan fingerprint density at radius 1 is 1.07 bits per heavy atom. The normalized spacial score (nSPS) is 10.9. The number of carbonyl (C=O) groups is 1. The van der Waals surface area contributed by atoms with E-state index in [1.165, 1.54) is 0 Å². The molecular weight excluding hydrogens is 340 g/mol. The third-order valence-electron chi connectivity index (χ3n) is 4.37. The molecule has 0 saturated heterocycles. The second-order valence-electron chi connectivity index (χ2n) is 6.14. The summed E-state index contributed by atoms with van der Waals surface area (Å²) in [6, 6.07) is 19.1. The smallest absolute Gasteiger partial charge is 0.337 e. The third kappa shape index (κ3) is 3.25. The fourth-order valence-electron chi connectivity index (χ4n) is 3.05. The maximum absolute atomic E-state index is 11.4. The van der Waals surface area contributed by atoms with Crippen LogP contribution >= 0.6 is 0 Å². The molecule has 0 atom stereocenters. The Kier molecular flexibility index (Phi) is 4.30. The van der Waals surface area contributed by atoms with Gasteiger partial charge in [0.05, 0.1) is 11.1 Å². The van der Waals surface area contributed by atoms with Crippen molar-refractivity contribution in [2.75, 3.05) is 5.32 Å². The van der Waals surface area contributed by atoms with Gasteiger partial charge in [-0.15, -0.1) is 0 Å². The van der Waals surface area contributed by atoms with Crippen molar-refractivity contribution < 1.29 is 9.90 Å². The first kappa shape index (κ1) is 16.8. The molecule has 0 spiro atoms. The van der Waals surface area contributed by atoms with Gasteiger partial charge in [-0.2, -0.15) is 0 Å². The summed E-state index contributed by atoms with van der Waals surface area (Å²) in [4.78, 5) is 23.9. The first-order chi connectivity index (χ1) is 13.2. The minimum Gasteiger partial charge on any atom is -0.478 e. The molecule has 134 valence electrons. The van der Waals surface area contributed by atoms with E-state index >= 15 is 0 Å². The number of rotatable bonds is 5. The number of nitrogens with zero attached hydrogens (tertiary/aromatic N) is 2. The lowest BCUT2D eigenvalue weighted by molar-refractivity contribution is 0.0696. The summed E-state index contributed by atoms with van der Waals surface area (Å²) in [5.74, 6) is 0.874. The number of para-hydroxylation sites is 1. The molecule has 0 aliphatic rings. The van der Waals surface area contributed by atoms with Gasteiger partial charge in [-0.3, -0.25) is 0 Å². The van der Waals surface area contributed by atoms with Gasteiger partial charge in [-0.1, -0.05) is 49.4 Å². The highest BCUT2D eigenvalue weighted by atomic mass is 16.4. The minimum atomic E-state index is -0.950. The predicted octanol–water partition coefficient (Wildman–Crippen LogP) is 4.63. The molecule has 3 N–H and O–H groups in total. The average Bonchev–Trinajstić information content (AvgIpc) is 3.12. The monoisotopic (exact) mass is 358 g/mol. The van der Waals surface area contributed by atoms with E-state index in [-0.39, 0.29) is 5.56 Å². The molecule has 2 aromatic carbocycles. The lowest BCUT2D eigenvalue weighted by atomic mass is 10.2. The van der Waals surface area contributed by atoms with Crippen molar-refractivity contribution in [3.63, 3.8) is 0 Å².